The molecule has 0 heterocycles. The molecule has 0 radical (unpaired) electrons. The first-order valence-corrected chi connectivity index (χ1v) is 5.44. The Bertz CT molecular complexity index is 300. The van der Waals surface area contributed by atoms with Crippen LogP contribution in [0.5, 0.6) is 0 Å². The molecule has 1 aliphatic carbocycles. The number of carbonyl (C=O) groups excluding carboxylic acids is 1. The molecule has 0 aromatic rings. The van der Waals surface area contributed by atoms with Crippen LogP contribution < -0.4 is 5.32 Å². The van der Waals surface area contributed by atoms with Crippen molar-refractivity contribution in [1.82, 2.24) is 5.32 Å². The second kappa shape index (κ2) is 4.48. The van der Waals surface area contributed by atoms with Gasteiger partial charge in [0, 0.05) is 6.08 Å². The quantitative estimate of drug-likeness (QED) is 0.358. The third-order valence-corrected chi connectivity index (χ3v) is 2.45. The molecule has 0 bridgehead atoms. The maximum atomic E-state index is 11.3. The van der Waals surface area contributed by atoms with Gasteiger partial charge < -0.3 is 10.1 Å². The number of carbonyl (C=O) groups is 1. The highest BCUT2D eigenvalue weighted by atomic mass is 127. The minimum absolute atomic E-state index is 0.298. The Labute approximate surface area is 101 Å². The molecule has 0 spiro atoms. The van der Waals surface area contributed by atoms with E-state index >= 15 is 0 Å². The zero-order valence-corrected chi connectivity index (χ0v) is 10.5. The van der Waals surface area contributed by atoms with Crippen LogP contribution in [0.3, 0.4) is 0 Å². The van der Waals surface area contributed by atoms with Crippen LogP contribution in [0.1, 0.15) is 12.8 Å². The molecule has 0 aromatic heterocycles. The van der Waals surface area contributed by atoms with Crippen LogP contribution in [-0.2, 0) is 9.53 Å². The number of nitrogens with one attached hydrogen (secondary N) is 2. The van der Waals surface area contributed by atoms with Crippen LogP contribution in [0, 0.1) is 5.41 Å². The van der Waals surface area contributed by atoms with Crippen molar-refractivity contribution in [2.45, 2.75) is 18.4 Å². The third kappa shape index (κ3) is 2.84. The minimum atomic E-state index is -0.644. The summed E-state index contributed by atoms with van der Waals surface area (Å²) in [5, 5.41) is 10.3. The molecule has 14 heavy (non-hydrogen) atoms. The van der Waals surface area contributed by atoms with E-state index in [0.29, 0.717) is 8.87 Å². The summed E-state index contributed by atoms with van der Waals surface area (Å²) in [6.07, 6.45) is 2.89. The van der Waals surface area contributed by atoms with Gasteiger partial charge >= 0.3 is 5.97 Å². The highest BCUT2D eigenvalue weighted by Gasteiger charge is 2.51. The Balaban J connectivity index is 2.60. The Morgan fingerprint density at radius 1 is 1.71 bits per heavy atom. The lowest BCUT2D eigenvalue weighted by molar-refractivity contribution is -0.144. The van der Waals surface area contributed by atoms with Gasteiger partial charge in [0.15, 0.2) is 0 Å². The molecule has 2 N–H and O–H groups in total. The second-order valence-corrected chi connectivity index (χ2v) is 4.61. The van der Waals surface area contributed by atoms with Gasteiger partial charge in [0.2, 0.25) is 0 Å². The van der Waals surface area contributed by atoms with Gasteiger partial charge in [-0.3, -0.25) is 5.41 Å². The molecule has 0 aliphatic heterocycles. The Morgan fingerprint density at radius 3 is 2.64 bits per heavy atom. The maximum absolute atomic E-state index is 11.3. The molecular formula is C8H10ClIN2O2. The van der Waals surface area contributed by atoms with Gasteiger partial charge in [-0.05, 0) is 35.4 Å². The summed E-state index contributed by atoms with van der Waals surface area (Å²) in [7, 11) is 1.35. The fraction of sp³-hybridized carbons (Fsp3) is 0.500. The van der Waals surface area contributed by atoms with Crippen LogP contribution in [0.15, 0.2) is 11.2 Å². The molecule has 0 aromatic carbocycles. The SMILES string of the molecule is COC(=O)C1(N/C(Cl)=C\C(=N)I)CC1. The van der Waals surface area contributed by atoms with Gasteiger partial charge in [-0.15, -0.1) is 0 Å². The first-order chi connectivity index (χ1) is 6.50. The number of halogens is 2. The zero-order chi connectivity index (χ0) is 10.8. The van der Waals surface area contributed by atoms with E-state index in [2.05, 4.69) is 10.1 Å². The highest BCUT2D eigenvalue weighted by molar-refractivity contribution is 14.1. The topological polar surface area (TPSA) is 62.2 Å². The molecule has 0 unspecified atom stereocenters. The number of ether oxygens (including phenoxy) is 1. The molecule has 1 saturated carbocycles. The van der Waals surface area contributed by atoms with E-state index < -0.39 is 5.54 Å². The predicted octanol–water partition coefficient (Wildman–Crippen LogP) is 1.77. The maximum Gasteiger partial charge on any atom is 0.331 e. The van der Waals surface area contributed by atoms with Gasteiger partial charge in [0.05, 0.1) is 10.8 Å². The van der Waals surface area contributed by atoms with E-state index in [1.807, 2.05) is 22.6 Å². The number of rotatable bonds is 4. The van der Waals surface area contributed by atoms with E-state index in [1.165, 1.54) is 13.2 Å². The van der Waals surface area contributed by atoms with Crippen molar-refractivity contribution >= 4 is 43.9 Å². The summed E-state index contributed by atoms with van der Waals surface area (Å²) >= 11 is 7.62. The van der Waals surface area contributed by atoms with Crippen molar-refractivity contribution in [2.75, 3.05) is 7.11 Å². The van der Waals surface area contributed by atoms with Gasteiger partial charge in [-0.2, -0.15) is 0 Å². The normalized spacial score (nSPS) is 18.6. The minimum Gasteiger partial charge on any atom is -0.467 e. The molecule has 1 rings (SSSR count). The van der Waals surface area contributed by atoms with Gasteiger partial charge in [-0.1, -0.05) is 11.6 Å². The third-order valence-electron chi connectivity index (χ3n) is 1.94. The smallest absolute Gasteiger partial charge is 0.331 e. The molecular weight excluding hydrogens is 318 g/mol. The standard InChI is InChI=1S/C8H10ClIN2O2/c1-14-7(13)8(2-3-8)12-5(9)4-6(10)11/h4,11-12H,2-3H2,1H3/b5-4-,11-6?. The van der Waals surface area contributed by atoms with Crippen LogP contribution in [0.4, 0.5) is 0 Å². The number of allylic oxidation sites excluding steroid dienone is 1. The van der Waals surface area contributed by atoms with Crippen molar-refractivity contribution in [3.8, 4) is 0 Å². The van der Waals surface area contributed by atoms with Crippen molar-refractivity contribution in [3.63, 3.8) is 0 Å². The van der Waals surface area contributed by atoms with Gasteiger partial charge in [-0.25, -0.2) is 4.79 Å². The molecule has 1 aliphatic rings. The van der Waals surface area contributed by atoms with E-state index in [4.69, 9.17) is 17.0 Å². The van der Waals surface area contributed by atoms with Crippen molar-refractivity contribution in [3.05, 3.63) is 11.2 Å². The lowest BCUT2D eigenvalue weighted by Crippen LogP contribution is -2.38. The summed E-state index contributed by atoms with van der Waals surface area (Å²) in [5.74, 6) is -0.302. The molecule has 1 fully saturated rings. The molecule has 0 atom stereocenters. The van der Waals surface area contributed by atoms with E-state index in [1.54, 1.807) is 0 Å². The largest absolute Gasteiger partial charge is 0.467 e. The fourth-order valence-electron chi connectivity index (χ4n) is 1.08. The molecule has 0 amide bonds. The van der Waals surface area contributed by atoms with Gasteiger partial charge in [0.1, 0.15) is 10.7 Å². The van der Waals surface area contributed by atoms with Crippen molar-refractivity contribution < 1.29 is 9.53 Å². The Hall–Kier alpha value is -0.300. The summed E-state index contributed by atoms with van der Waals surface area (Å²) < 4.78 is 4.95. The zero-order valence-electron chi connectivity index (χ0n) is 7.56. The van der Waals surface area contributed by atoms with Crippen molar-refractivity contribution in [1.29, 1.82) is 5.41 Å². The van der Waals surface area contributed by atoms with E-state index in [0.717, 1.165) is 12.8 Å². The summed E-state index contributed by atoms with van der Waals surface area (Å²) in [5.41, 5.74) is -0.644. The first kappa shape index (κ1) is 11.8. The van der Waals surface area contributed by atoms with Crippen LogP contribution in [-0.4, -0.2) is 22.3 Å². The number of methoxy groups -OCH3 is 1. The van der Waals surface area contributed by atoms with Crippen LogP contribution >= 0.6 is 34.2 Å². The Morgan fingerprint density at radius 2 is 2.29 bits per heavy atom. The van der Waals surface area contributed by atoms with Crippen LogP contribution in [0.25, 0.3) is 0 Å². The Kier molecular flexibility index (Phi) is 3.77. The summed E-state index contributed by atoms with van der Waals surface area (Å²) in [6, 6.07) is 0. The fourth-order valence-corrected chi connectivity index (χ4v) is 1.86. The lowest BCUT2D eigenvalue weighted by atomic mass is 10.3. The lowest BCUT2D eigenvalue weighted by Gasteiger charge is -2.14. The molecule has 4 nitrogen and oxygen atoms in total. The monoisotopic (exact) mass is 328 g/mol. The number of hydrogen-bond acceptors (Lipinski definition) is 4. The highest BCUT2D eigenvalue weighted by Crippen LogP contribution is 2.37. The first-order valence-electron chi connectivity index (χ1n) is 3.98. The van der Waals surface area contributed by atoms with Crippen LogP contribution in [0.2, 0.25) is 0 Å². The summed E-state index contributed by atoms with van der Waals surface area (Å²) in [6.45, 7) is 0. The van der Waals surface area contributed by atoms with E-state index in [9.17, 15) is 4.79 Å². The van der Waals surface area contributed by atoms with Crippen molar-refractivity contribution in [2.24, 2.45) is 0 Å². The average molecular weight is 329 g/mol. The second-order valence-electron chi connectivity index (χ2n) is 3.04. The number of esters is 1. The predicted molar refractivity (Wildman–Crippen MR) is 62.8 cm³/mol. The molecule has 0 saturated heterocycles. The van der Waals surface area contributed by atoms with E-state index in [-0.39, 0.29) is 5.97 Å². The number of hydrogen-bond donors (Lipinski definition) is 2. The molecule has 6 heteroatoms. The molecule has 78 valence electrons. The summed E-state index contributed by atoms with van der Waals surface area (Å²) in [4.78, 5) is 11.3. The van der Waals surface area contributed by atoms with Gasteiger partial charge in [0.25, 0.3) is 0 Å². The average Bonchev–Trinajstić information content (AvgIpc) is 2.82.